The van der Waals surface area contributed by atoms with Crippen LogP contribution in [0.25, 0.3) is 0 Å². The zero-order valence-electron chi connectivity index (χ0n) is 10.9. The van der Waals surface area contributed by atoms with Gasteiger partial charge in [0.1, 0.15) is 6.33 Å². The number of nitrogens with one attached hydrogen (secondary N) is 1. The molecule has 1 atom stereocenters. The predicted octanol–water partition coefficient (Wildman–Crippen LogP) is 2.49. The van der Waals surface area contributed by atoms with Crippen molar-refractivity contribution in [1.29, 1.82) is 0 Å². The summed E-state index contributed by atoms with van der Waals surface area (Å²) in [5, 5.41) is 3.41. The SMILES string of the molecule is C=C(CC)CC(NCC)c1cc(OC)ncn1. The third-order valence-corrected chi connectivity index (χ3v) is 2.67. The third kappa shape index (κ3) is 4.15. The summed E-state index contributed by atoms with van der Waals surface area (Å²) >= 11 is 0. The molecule has 0 radical (unpaired) electrons. The van der Waals surface area contributed by atoms with Crippen LogP contribution in [0.4, 0.5) is 0 Å². The lowest BCUT2D eigenvalue weighted by molar-refractivity contribution is 0.393. The van der Waals surface area contributed by atoms with Crippen molar-refractivity contribution in [2.24, 2.45) is 0 Å². The van der Waals surface area contributed by atoms with E-state index in [9.17, 15) is 0 Å². The van der Waals surface area contributed by atoms with Crippen LogP contribution < -0.4 is 10.1 Å². The molecule has 1 aromatic rings. The van der Waals surface area contributed by atoms with Crippen molar-refractivity contribution in [3.63, 3.8) is 0 Å². The highest BCUT2D eigenvalue weighted by molar-refractivity contribution is 5.18. The average molecular weight is 235 g/mol. The molecule has 0 aliphatic rings. The van der Waals surface area contributed by atoms with E-state index in [1.54, 1.807) is 7.11 Å². The summed E-state index contributed by atoms with van der Waals surface area (Å²) in [5.74, 6) is 0.597. The Bertz CT molecular complexity index is 365. The summed E-state index contributed by atoms with van der Waals surface area (Å²) in [5.41, 5.74) is 2.17. The highest BCUT2D eigenvalue weighted by Gasteiger charge is 2.13. The van der Waals surface area contributed by atoms with E-state index in [0.29, 0.717) is 5.88 Å². The zero-order valence-corrected chi connectivity index (χ0v) is 10.9. The maximum absolute atomic E-state index is 5.11. The lowest BCUT2D eigenvalue weighted by Gasteiger charge is -2.18. The number of aromatic nitrogens is 2. The molecule has 17 heavy (non-hydrogen) atoms. The van der Waals surface area contributed by atoms with E-state index in [1.165, 1.54) is 11.9 Å². The van der Waals surface area contributed by atoms with Gasteiger partial charge in [-0.05, 0) is 19.4 Å². The van der Waals surface area contributed by atoms with Crippen molar-refractivity contribution in [3.8, 4) is 5.88 Å². The Hall–Kier alpha value is -1.42. The highest BCUT2D eigenvalue weighted by Crippen LogP contribution is 2.21. The smallest absolute Gasteiger partial charge is 0.216 e. The van der Waals surface area contributed by atoms with E-state index in [0.717, 1.165) is 25.1 Å². The largest absolute Gasteiger partial charge is 0.481 e. The molecular weight excluding hydrogens is 214 g/mol. The normalized spacial score (nSPS) is 12.2. The van der Waals surface area contributed by atoms with Crippen molar-refractivity contribution in [3.05, 3.63) is 30.2 Å². The molecule has 1 rings (SSSR count). The summed E-state index contributed by atoms with van der Waals surface area (Å²) in [6, 6.07) is 2.06. The first kappa shape index (κ1) is 13.6. The maximum Gasteiger partial charge on any atom is 0.216 e. The molecular formula is C13H21N3O. The van der Waals surface area contributed by atoms with E-state index < -0.39 is 0 Å². The molecule has 0 spiro atoms. The molecule has 0 amide bonds. The average Bonchev–Trinajstić information content (AvgIpc) is 2.38. The van der Waals surface area contributed by atoms with Crippen molar-refractivity contribution < 1.29 is 4.74 Å². The first-order valence-electron chi connectivity index (χ1n) is 5.97. The van der Waals surface area contributed by atoms with Crippen molar-refractivity contribution in [2.75, 3.05) is 13.7 Å². The minimum atomic E-state index is 0.185. The van der Waals surface area contributed by atoms with Gasteiger partial charge in [0.25, 0.3) is 0 Å². The van der Waals surface area contributed by atoms with Gasteiger partial charge >= 0.3 is 0 Å². The maximum atomic E-state index is 5.11. The molecule has 1 aromatic heterocycles. The van der Waals surface area contributed by atoms with E-state index in [4.69, 9.17) is 4.74 Å². The summed E-state index contributed by atoms with van der Waals surface area (Å²) in [6.45, 7) is 9.15. The van der Waals surface area contributed by atoms with Gasteiger partial charge in [-0.3, -0.25) is 0 Å². The standard InChI is InChI=1S/C13H21N3O/c1-5-10(3)7-11(14-6-2)12-8-13(17-4)16-9-15-12/h8-9,11,14H,3,5-7H2,1-2,4H3. The van der Waals surface area contributed by atoms with Crippen LogP contribution in [0, 0.1) is 0 Å². The minimum Gasteiger partial charge on any atom is -0.481 e. The molecule has 0 bridgehead atoms. The molecule has 94 valence electrons. The van der Waals surface area contributed by atoms with E-state index in [1.807, 2.05) is 6.07 Å². The first-order chi connectivity index (χ1) is 8.21. The Morgan fingerprint density at radius 1 is 1.47 bits per heavy atom. The Kier molecular flexibility index (Phi) is 5.63. The molecule has 4 nitrogen and oxygen atoms in total. The molecule has 4 heteroatoms. The monoisotopic (exact) mass is 235 g/mol. The van der Waals surface area contributed by atoms with Crippen molar-refractivity contribution >= 4 is 0 Å². The Morgan fingerprint density at radius 3 is 2.82 bits per heavy atom. The summed E-state index contributed by atoms with van der Waals surface area (Å²) in [6.07, 6.45) is 3.42. The Morgan fingerprint density at radius 2 is 2.24 bits per heavy atom. The fourth-order valence-electron chi connectivity index (χ4n) is 1.62. The number of ether oxygens (including phenoxy) is 1. The van der Waals surface area contributed by atoms with Crippen LogP contribution in [0.15, 0.2) is 24.5 Å². The summed E-state index contributed by atoms with van der Waals surface area (Å²) in [4.78, 5) is 8.32. The topological polar surface area (TPSA) is 47.0 Å². The van der Waals surface area contributed by atoms with Crippen LogP contribution >= 0.6 is 0 Å². The van der Waals surface area contributed by atoms with E-state index in [-0.39, 0.29) is 6.04 Å². The minimum absolute atomic E-state index is 0.185. The number of rotatable bonds is 7. The second-order valence-electron chi connectivity index (χ2n) is 3.90. The molecule has 0 saturated heterocycles. The van der Waals surface area contributed by atoms with Crippen LogP contribution in [-0.4, -0.2) is 23.6 Å². The van der Waals surface area contributed by atoms with Crippen LogP contribution in [0.5, 0.6) is 5.88 Å². The van der Waals surface area contributed by atoms with Gasteiger partial charge < -0.3 is 10.1 Å². The molecule has 1 heterocycles. The number of nitrogens with zero attached hydrogens (tertiary/aromatic N) is 2. The quantitative estimate of drug-likeness (QED) is 0.738. The molecule has 1 N–H and O–H groups in total. The first-order valence-corrected chi connectivity index (χ1v) is 5.97. The Labute approximate surface area is 103 Å². The fourth-order valence-corrected chi connectivity index (χ4v) is 1.62. The van der Waals surface area contributed by atoms with Gasteiger partial charge in [-0.1, -0.05) is 26.0 Å². The van der Waals surface area contributed by atoms with Crippen LogP contribution in [0.1, 0.15) is 38.4 Å². The van der Waals surface area contributed by atoms with Crippen LogP contribution in [0.3, 0.4) is 0 Å². The van der Waals surface area contributed by atoms with Crippen LogP contribution in [-0.2, 0) is 0 Å². The summed E-state index contributed by atoms with van der Waals surface area (Å²) in [7, 11) is 1.61. The van der Waals surface area contributed by atoms with Crippen molar-refractivity contribution in [1.82, 2.24) is 15.3 Å². The lowest BCUT2D eigenvalue weighted by Crippen LogP contribution is -2.22. The predicted molar refractivity (Wildman–Crippen MR) is 69.0 cm³/mol. The Balaban J connectivity index is 2.84. The molecule has 0 aliphatic carbocycles. The molecule has 0 aromatic carbocycles. The molecule has 0 fully saturated rings. The second kappa shape index (κ2) is 7.01. The van der Waals surface area contributed by atoms with Gasteiger partial charge in [0.15, 0.2) is 0 Å². The molecule has 0 aliphatic heterocycles. The van der Waals surface area contributed by atoms with Gasteiger partial charge in [0.05, 0.1) is 18.8 Å². The molecule has 0 saturated carbocycles. The van der Waals surface area contributed by atoms with Gasteiger partial charge in [0.2, 0.25) is 5.88 Å². The third-order valence-electron chi connectivity index (χ3n) is 2.67. The van der Waals surface area contributed by atoms with Crippen LogP contribution in [0.2, 0.25) is 0 Å². The van der Waals surface area contributed by atoms with Gasteiger partial charge in [0, 0.05) is 6.07 Å². The van der Waals surface area contributed by atoms with Gasteiger partial charge in [-0.25, -0.2) is 9.97 Å². The number of hydrogen-bond acceptors (Lipinski definition) is 4. The second-order valence-corrected chi connectivity index (χ2v) is 3.90. The number of hydrogen-bond donors (Lipinski definition) is 1. The lowest BCUT2D eigenvalue weighted by atomic mass is 10.0. The van der Waals surface area contributed by atoms with Gasteiger partial charge in [-0.2, -0.15) is 0 Å². The van der Waals surface area contributed by atoms with E-state index >= 15 is 0 Å². The fraction of sp³-hybridized carbons (Fsp3) is 0.538. The molecule has 1 unspecified atom stereocenters. The van der Waals surface area contributed by atoms with Crippen molar-refractivity contribution in [2.45, 2.75) is 32.7 Å². The van der Waals surface area contributed by atoms with E-state index in [2.05, 4.69) is 35.7 Å². The zero-order chi connectivity index (χ0) is 12.7. The summed E-state index contributed by atoms with van der Waals surface area (Å²) < 4.78 is 5.11. The van der Waals surface area contributed by atoms with Gasteiger partial charge in [-0.15, -0.1) is 0 Å². The highest BCUT2D eigenvalue weighted by atomic mass is 16.5. The number of methoxy groups -OCH3 is 1.